The molecule has 2 rings (SSSR count). The summed E-state index contributed by atoms with van der Waals surface area (Å²) < 4.78 is 1.92. The highest BCUT2D eigenvalue weighted by Gasteiger charge is 2.08. The van der Waals surface area contributed by atoms with Gasteiger partial charge in [0.25, 0.3) is 0 Å². The monoisotopic (exact) mass is 258 g/mol. The molecule has 2 aromatic rings. The summed E-state index contributed by atoms with van der Waals surface area (Å²) in [5, 5.41) is 7.87. The van der Waals surface area contributed by atoms with Crippen LogP contribution < -0.4 is 5.32 Å². The van der Waals surface area contributed by atoms with E-state index in [0.717, 1.165) is 42.4 Å². The Balaban J connectivity index is 2.41. The van der Waals surface area contributed by atoms with E-state index in [1.807, 2.05) is 11.6 Å². The van der Waals surface area contributed by atoms with E-state index >= 15 is 0 Å². The smallest absolute Gasteiger partial charge is 0.154 e. The molecule has 2 aromatic heterocycles. The fourth-order valence-corrected chi connectivity index (χ4v) is 2.16. The first-order valence-corrected chi connectivity index (χ1v) is 6.88. The van der Waals surface area contributed by atoms with Gasteiger partial charge in [-0.1, -0.05) is 13.8 Å². The second-order valence-electron chi connectivity index (χ2n) is 4.80. The molecule has 0 aromatic carbocycles. The number of nitrogens with one attached hydrogen (secondary N) is 1. The number of pyridine rings is 1. The minimum atomic E-state index is 0.873. The molecule has 0 fully saturated rings. The Hall–Kier alpha value is -1.68. The molecule has 2 heterocycles. The summed E-state index contributed by atoms with van der Waals surface area (Å²) in [6.07, 6.45) is 0.937. The molecular weight excluding hydrogens is 236 g/mol. The first kappa shape index (κ1) is 13.7. The predicted molar refractivity (Wildman–Crippen MR) is 77.6 cm³/mol. The van der Waals surface area contributed by atoms with Crippen molar-refractivity contribution in [2.24, 2.45) is 0 Å². The van der Waals surface area contributed by atoms with E-state index in [-0.39, 0.29) is 0 Å². The van der Waals surface area contributed by atoms with Crippen LogP contribution in [0.2, 0.25) is 0 Å². The van der Waals surface area contributed by atoms with Crippen LogP contribution in [0.1, 0.15) is 36.5 Å². The Morgan fingerprint density at radius 3 is 2.53 bits per heavy atom. The molecule has 1 N–H and O–H groups in total. The summed E-state index contributed by atoms with van der Waals surface area (Å²) in [6, 6.07) is 6.35. The van der Waals surface area contributed by atoms with Gasteiger partial charge in [0, 0.05) is 17.9 Å². The largest absolute Gasteiger partial charge is 0.313 e. The molecule has 0 aliphatic heterocycles. The highest BCUT2D eigenvalue weighted by molar-refractivity contribution is 5.32. The van der Waals surface area contributed by atoms with Crippen LogP contribution in [0.15, 0.2) is 18.2 Å². The van der Waals surface area contributed by atoms with Crippen molar-refractivity contribution in [3.63, 3.8) is 0 Å². The minimum absolute atomic E-state index is 0.873. The van der Waals surface area contributed by atoms with Gasteiger partial charge in [-0.2, -0.15) is 5.10 Å². The highest BCUT2D eigenvalue weighted by atomic mass is 15.3. The SMILES string of the molecule is CCNCc1cc(CC)nc(-n2nc(C)cc2C)c1. The van der Waals surface area contributed by atoms with Crippen LogP contribution in [-0.4, -0.2) is 21.3 Å². The number of aryl methyl sites for hydroxylation is 3. The van der Waals surface area contributed by atoms with E-state index in [1.54, 1.807) is 0 Å². The van der Waals surface area contributed by atoms with Crippen LogP contribution in [0.25, 0.3) is 5.82 Å². The standard InChI is InChI=1S/C15H22N4/c1-5-14-8-13(10-16-6-2)9-15(17-14)19-12(4)7-11(3)18-19/h7-9,16H,5-6,10H2,1-4H3. The van der Waals surface area contributed by atoms with E-state index in [4.69, 9.17) is 0 Å². The van der Waals surface area contributed by atoms with Crippen molar-refractivity contribution in [2.75, 3.05) is 6.54 Å². The van der Waals surface area contributed by atoms with Crippen LogP contribution in [0.3, 0.4) is 0 Å². The van der Waals surface area contributed by atoms with Gasteiger partial charge < -0.3 is 5.32 Å². The quantitative estimate of drug-likeness (QED) is 0.896. The number of nitrogens with zero attached hydrogens (tertiary/aromatic N) is 3. The van der Waals surface area contributed by atoms with Gasteiger partial charge >= 0.3 is 0 Å². The zero-order chi connectivity index (χ0) is 13.8. The lowest BCUT2D eigenvalue weighted by atomic mass is 10.2. The second kappa shape index (κ2) is 5.97. The van der Waals surface area contributed by atoms with Gasteiger partial charge in [0.05, 0.1) is 5.69 Å². The van der Waals surface area contributed by atoms with Gasteiger partial charge in [-0.3, -0.25) is 0 Å². The summed E-state index contributed by atoms with van der Waals surface area (Å²) in [4.78, 5) is 4.68. The topological polar surface area (TPSA) is 42.7 Å². The highest BCUT2D eigenvalue weighted by Crippen LogP contribution is 2.14. The summed E-state index contributed by atoms with van der Waals surface area (Å²) in [7, 11) is 0. The van der Waals surface area contributed by atoms with Crippen LogP contribution in [0.5, 0.6) is 0 Å². The molecule has 0 radical (unpaired) electrons. The van der Waals surface area contributed by atoms with Crippen molar-refractivity contribution in [2.45, 2.75) is 40.7 Å². The molecule has 4 nitrogen and oxygen atoms in total. The van der Waals surface area contributed by atoms with Crippen LogP contribution in [0.4, 0.5) is 0 Å². The van der Waals surface area contributed by atoms with Gasteiger partial charge in [0.1, 0.15) is 0 Å². The maximum absolute atomic E-state index is 4.68. The van der Waals surface area contributed by atoms with Crippen molar-refractivity contribution in [1.82, 2.24) is 20.1 Å². The minimum Gasteiger partial charge on any atom is -0.313 e. The predicted octanol–water partition coefficient (Wildman–Crippen LogP) is 2.56. The fraction of sp³-hybridized carbons (Fsp3) is 0.467. The van der Waals surface area contributed by atoms with E-state index in [9.17, 15) is 0 Å². The number of hydrogen-bond acceptors (Lipinski definition) is 3. The summed E-state index contributed by atoms with van der Waals surface area (Å²) in [5.41, 5.74) is 4.51. The molecule has 0 aliphatic carbocycles. The van der Waals surface area contributed by atoms with Gasteiger partial charge in [0.2, 0.25) is 0 Å². The molecule has 0 saturated carbocycles. The van der Waals surface area contributed by atoms with Crippen LogP contribution in [-0.2, 0) is 13.0 Å². The number of rotatable bonds is 5. The third-order valence-corrected chi connectivity index (χ3v) is 3.09. The van der Waals surface area contributed by atoms with Crippen molar-refractivity contribution in [3.05, 3.63) is 40.8 Å². The first-order valence-electron chi connectivity index (χ1n) is 6.88. The third kappa shape index (κ3) is 3.20. The third-order valence-electron chi connectivity index (χ3n) is 3.09. The maximum Gasteiger partial charge on any atom is 0.154 e. The zero-order valence-electron chi connectivity index (χ0n) is 12.2. The van der Waals surface area contributed by atoms with Gasteiger partial charge in [-0.05, 0) is 50.6 Å². The Bertz CT molecular complexity index is 557. The molecule has 0 amide bonds. The van der Waals surface area contributed by atoms with Gasteiger partial charge in [-0.25, -0.2) is 9.67 Å². The molecule has 102 valence electrons. The molecule has 19 heavy (non-hydrogen) atoms. The van der Waals surface area contributed by atoms with Crippen molar-refractivity contribution >= 4 is 0 Å². The normalized spacial score (nSPS) is 10.9. The van der Waals surface area contributed by atoms with Gasteiger partial charge in [0.15, 0.2) is 5.82 Å². The first-order chi connectivity index (χ1) is 9.13. The molecule has 0 spiro atoms. The van der Waals surface area contributed by atoms with E-state index in [2.05, 4.69) is 54.4 Å². The average molecular weight is 258 g/mol. The molecular formula is C15H22N4. The second-order valence-corrected chi connectivity index (χ2v) is 4.80. The Labute approximate surface area is 114 Å². The molecule has 0 unspecified atom stereocenters. The van der Waals surface area contributed by atoms with Crippen molar-refractivity contribution in [1.29, 1.82) is 0 Å². The number of hydrogen-bond donors (Lipinski definition) is 1. The van der Waals surface area contributed by atoms with Gasteiger partial charge in [-0.15, -0.1) is 0 Å². The fourth-order valence-electron chi connectivity index (χ4n) is 2.16. The summed E-state index contributed by atoms with van der Waals surface area (Å²) in [6.45, 7) is 10.2. The molecule has 0 bridgehead atoms. The number of aromatic nitrogens is 3. The Morgan fingerprint density at radius 1 is 1.16 bits per heavy atom. The zero-order valence-corrected chi connectivity index (χ0v) is 12.2. The molecule has 0 atom stereocenters. The molecule has 0 saturated heterocycles. The average Bonchev–Trinajstić information content (AvgIpc) is 2.75. The van der Waals surface area contributed by atoms with E-state index in [0.29, 0.717) is 0 Å². The summed E-state index contributed by atoms with van der Waals surface area (Å²) >= 11 is 0. The molecule has 4 heteroatoms. The lowest BCUT2D eigenvalue weighted by Gasteiger charge is -2.09. The van der Waals surface area contributed by atoms with E-state index < -0.39 is 0 Å². The van der Waals surface area contributed by atoms with E-state index in [1.165, 1.54) is 5.56 Å². The lowest BCUT2D eigenvalue weighted by molar-refractivity contribution is 0.719. The Kier molecular flexibility index (Phi) is 4.32. The molecule has 0 aliphatic rings. The Morgan fingerprint density at radius 2 is 1.95 bits per heavy atom. The van der Waals surface area contributed by atoms with Crippen LogP contribution in [0, 0.1) is 13.8 Å². The summed E-state index contributed by atoms with van der Waals surface area (Å²) in [5.74, 6) is 0.915. The maximum atomic E-state index is 4.68. The lowest BCUT2D eigenvalue weighted by Crippen LogP contribution is -2.13. The van der Waals surface area contributed by atoms with Crippen LogP contribution >= 0.6 is 0 Å². The van der Waals surface area contributed by atoms with Crippen molar-refractivity contribution < 1.29 is 0 Å². The van der Waals surface area contributed by atoms with Crippen molar-refractivity contribution in [3.8, 4) is 5.82 Å².